The van der Waals surface area contributed by atoms with E-state index in [1.165, 1.54) is 6.08 Å². The number of hydrogen-bond acceptors (Lipinski definition) is 7. The number of ether oxygens (including phenoxy) is 2. The number of aliphatic hydroxyl groups excluding tert-OH is 2. The topological polar surface area (TPSA) is 113 Å². The molecule has 2 saturated carbocycles. The molecule has 3 fully saturated rings. The lowest BCUT2D eigenvalue weighted by molar-refractivity contribution is -0.165. The van der Waals surface area contributed by atoms with Gasteiger partial charge in [-0.2, -0.15) is 0 Å². The molecule has 6 aliphatic rings. The van der Waals surface area contributed by atoms with E-state index in [1.807, 2.05) is 19.9 Å². The minimum absolute atomic E-state index is 0.122. The van der Waals surface area contributed by atoms with Crippen LogP contribution in [-0.4, -0.2) is 45.7 Å². The second-order valence-corrected chi connectivity index (χ2v) is 11.9. The molecule has 7 nitrogen and oxygen atoms in total. The SMILES string of the molecule is CC1(C)C(=O)C=C[C@@]2(C)C1=C(O)C(=O)[C@]1(C)[C@@H]2CC[C@@]2(C)[C@H](C3=CC(O)OC3=O)C[C@H]3O[C@]321. The second-order valence-electron chi connectivity index (χ2n) is 11.9. The summed E-state index contributed by atoms with van der Waals surface area (Å²) in [5.41, 5.74) is -3.07. The highest BCUT2D eigenvalue weighted by Crippen LogP contribution is 2.80. The van der Waals surface area contributed by atoms with Crippen LogP contribution in [0.25, 0.3) is 0 Å². The van der Waals surface area contributed by atoms with Crippen LogP contribution in [0.4, 0.5) is 0 Å². The minimum Gasteiger partial charge on any atom is -0.504 e. The van der Waals surface area contributed by atoms with Crippen molar-refractivity contribution in [2.75, 3.05) is 0 Å². The number of fused-ring (bicyclic) bond motifs is 3. The van der Waals surface area contributed by atoms with Gasteiger partial charge in [0.05, 0.1) is 16.9 Å². The average Bonchev–Trinajstić information content (AvgIpc) is 3.28. The summed E-state index contributed by atoms with van der Waals surface area (Å²) in [4.78, 5) is 39.3. The Balaban J connectivity index is 1.53. The van der Waals surface area contributed by atoms with E-state index in [9.17, 15) is 24.6 Å². The average molecular weight is 455 g/mol. The monoisotopic (exact) mass is 454 g/mol. The van der Waals surface area contributed by atoms with E-state index in [0.29, 0.717) is 30.4 Å². The fraction of sp³-hybridized carbons (Fsp3) is 0.654. The van der Waals surface area contributed by atoms with Crippen LogP contribution in [0.2, 0.25) is 0 Å². The first-order chi connectivity index (χ1) is 15.3. The normalized spacial score (nSPS) is 51.5. The van der Waals surface area contributed by atoms with E-state index in [1.54, 1.807) is 19.9 Å². The first-order valence-corrected chi connectivity index (χ1v) is 11.8. The summed E-state index contributed by atoms with van der Waals surface area (Å²) in [6.07, 6.45) is 5.44. The molecule has 2 aliphatic heterocycles. The third-order valence-electron chi connectivity index (χ3n) is 10.4. The number of ketones is 2. The molecule has 4 aliphatic carbocycles. The summed E-state index contributed by atoms with van der Waals surface area (Å²) in [6, 6.07) is 0. The molecule has 1 spiro atoms. The Morgan fingerprint density at radius 3 is 2.42 bits per heavy atom. The van der Waals surface area contributed by atoms with Gasteiger partial charge in [0.2, 0.25) is 12.1 Å². The van der Waals surface area contributed by atoms with Crippen molar-refractivity contribution in [1.82, 2.24) is 0 Å². The van der Waals surface area contributed by atoms with Crippen molar-refractivity contribution in [3.63, 3.8) is 0 Å². The number of hydrogen-bond donors (Lipinski definition) is 2. The number of cyclic esters (lactones) is 1. The predicted octanol–water partition coefficient (Wildman–Crippen LogP) is 2.93. The summed E-state index contributed by atoms with van der Waals surface area (Å²) in [6.45, 7) is 9.55. The van der Waals surface area contributed by atoms with Crippen molar-refractivity contribution < 1.29 is 34.1 Å². The Bertz CT molecular complexity index is 1140. The van der Waals surface area contributed by atoms with Crippen LogP contribution in [0.3, 0.4) is 0 Å². The van der Waals surface area contributed by atoms with Gasteiger partial charge in [-0.3, -0.25) is 9.59 Å². The van der Waals surface area contributed by atoms with Crippen LogP contribution in [-0.2, 0) is 23.9 Å². The van der Waals surface area contributed by atoms with Crippen LogP contribution < -0.4 is 0 Å². The van der Waals surface area contributed by atoms with E-state index in [2.05, 4.69) is 6.92 Å². The molecule has 176 valence electrons. The zero-order valence-corrected chi connectivity index (χ0v) is 19.6. The molecular formula is C26H30O7. The number of esters is 1. The molecule has 6 rings (SSSR count). The highest BCUT2D eigenvalue weighted by molar-refractivity contribution is 6.06. The Hall–Kier alpha value is -2.25. The molecule has 0 aromatic carbocycles. The number of carbonyl (C=O) groups excluding carboxylic acids is 3. The van der Waals surface area contributed by atoms with Gasteiger partial charge in [-0.05, 0) is 63.7 Å². The fourth-order valence-corrected chi connectivity index (χ4v) is 8.97. The van der Waals surface area contributed by atoms with Crippen LogP contribution in [0.5, 0.6) is 0 Å². The predicted molar refractivity (Wildman–Crippen MR) is 116 cm³/mol. The number of Topliss-reactive ketones (excluding diaryl/α,β-unsaturated/α-hetero) is 1. The van der Waals surface area contributed by atoms with Gasteiger partial charge in [0, 0.05) is 22.3 Å². The van der Waals surface area contributed by atoms with Gasteiger partial charge in [0.1, 0.15) is 5.60 Å². The molecule has 2 heterocycles. The third-order valence-corrected chi connectivity index (χ3v) is 10.4. The number of allylic oxidation sites excluding steroid dienone is 4. The van der Waals surface area contributed by atoms with E-state index >= 15 is 0 Å². The molecule has 33 heavy (non-hydrogen) atoms. The Kier molecular flexibility index (Phi) is 3.67. The number of rotatable bonds is 1. The maximum absolute atomic E-state index is 14.1. The lowest BCUT2D eigenvalue weighted by Gasteiger charge is -2.62. The zero-order chi connectivity index (χ0) is 23.9. The number of carbonyl (C=O) groups is 3. The Labute approximate surface area is 192 Å². The smallest absolute Gasteiger partial charge is 0.336 e. The maximum Gasteiger partial charge on any atom is 0.336 e. The summed E-state index contributed by atoms with van der Waals surface area (Å²) >= 11 is 0. The molecule has 0 aromatic rings. The lowest BCUT2D eigenvalue weighted by atomic mass is 9.39. The lowest BCUT2D eigenvalue weighted by Crippen LogP contribution is -2.66. The van der Waals surface area contributed by atoms with Crippen molar-refractivity contribution in [2.45, 2.75) is 71.9 Å². The standard InChI is InChI=1S/C26H30O7/c1-22(2)15(27)7-8-23(3)14-6-9-24(4)13(12-10-17(28)32-21(12)31)11-16-26(24,33-16)25(14,5)20(30)18(29)19(22)23/h7-8,10,13-14,16-17,28-29H,6,9,11H2,1-5H3/t13-,14+,16+,17?,23+,24-,25-,26+/m0/s1. The minimum atomic E-state index is -1.24. The van der Waals surface area contributed by atoms with Crippen LogP contribution in [0.15, 0.2) is 35.1 Å². The Morgan fingerprint density at radius 2 is 1.79 bits per heavy atom. The summed E-state index contributed by atoms with van der Waals surface area (Å²) in [5.74, 6) is -1.69. The summed E-state index contributed by atoms with van der Waals surface area (Å²) in [7, 11) is 0. The van der Waals surface area contributed by atoms with Crippen LogP contribution >= 0.6 is 0 Å². The van der Waals surface area contributed by atoms with Gasteiger partial charge < -0.3 is 19.7 Å². The van der Waals surface area contributed by atoms with Crippen LogP contribution in [0.1, 0.15) is 53.9 Å². The van der Waals surface area contributed by atoms with Gasteiger partial charge in [0.25, 0.3) is 0 Å². The van der Waals surface area contributed by atoms with Gasteiger partial charge in [-0.15, -0.1) is 0 Å². The molecule has 0 aromatic heterocycles. The Morgan fingerprint density at radius 1 is 1.09 bits per heavy atom. The summed E-state index contributed by atoms with van der Waals surface area (Å²) in [5, 5.41) is 21.2. The summed E-state index contributed by atoms with van der Waals surface area (Å²) < 4.78 is 11.4. The first-order valence-electron chi connectivity index (χ1n) is 11.8. The quantitative estimate of drug-likeness (QED) is 0.463. The van der Waals surface area contributed by atoms with Gasteiger partial charge in [-0.1, -0.05) is 19.9 Å². The molecule has 1 saturated heterocycles. The van der Waals surface area contributed by atoms with E-state index in [-0.39, 0.29) is 35.3 Å². The van der Waals surface area contributed by atoms with Crippen molar-refractivity contribution in [2.24, 2.45) is 33.5 Å². The van der Waals surface area contributed by atoms with Crippen molar-refractivity contribution in [1.29, 1.82) is 0 Å². The largest absolute Gasteiger partial charge is 0.504 e. The van der Waals surface area contributed by atoms with Crippen LogP contribution in [0, 0.1) is 33.5 Å². The molecule has 7 heteroatoms. The molecule has 0 amide bonds. The molecule has 1 unspecified atom stereocenters. The maximum atomic E-state index is 14.1. The van der Waals surface area contributed by atoms with Gasteiger partial charge >= 0.3 is 5.97 Å². The number of epoxide rings is 1. The van der Waals surface area contributed by atoms with Crippen molar-refractivity contribution in [3.05, 3.63) is 35.1 Å². The molecule has 2 N–H and O–H groups in total. The fourth-order valence-electron chi connectivity index (χ4n) is 8.97. The first kappa shape index (κ1) is 21.3. The van der Waals surface area contributed by atoms with E-state index in [4.69, 9.17) is 9.47 Å². The van der Waals surface area contributed by atoms with Crippen molar-refractivity contribution in [3.8, 4) is 0 Å². The molecule has 8 atom stereocenters. The van der Waals surface area contributed by atoms with E-state index in [0.717, 1.165) is 0 Å². The molecular weight excluding hydrogens is 424 g/mol. The zero-order valence-electron chi connectivity index (χ0n) is 19.6. The third kappa shape index (κ3) is 2.01. The number of aliphatic hydroxyl groups is 2. The van der Waals surface area contributed by atoms with E-state index < -0.39 is 39.5 Å². The van der Waals surface area contributed by atoms with Gasteiger partial charge in [-0.25, -0.2) is 4.79 Å². The second kappa shape index (κ2) is 5.69. The van der Waals surface area contributed by atoms with Gasteiger partial charge in [0.15, 0.2) is 11.5 Å². The highest BCUT2D eigenvalue weighted by atomic mass is 16.6. The molecule has 0 bridgehead atoms. The molecule has 0 radical (unpaired) electrons. The highest BCUT2D eigenvalue weighted by Gasteiger charge is 2.87. The van der Waals surface area contributed by atoms with Crippen molar-refractivity contribution >= 4 is 17.5 Å².